The minimum absolute atomic E-state index is 0.0669. The molecule has 0 aliphatic heterocycles. The average Bonchev–Trinajstić information content (AvgIpc) is 2.19. The molecule has 0 aromatic heterocycles. The van der Waals surface area contributed by atoms with E-state index in [2.05, 4.69) is 12.6 Å². The van der Waals surface area contributed by atoms with Gasteiger partial charge in [0, 0.05) is 5.92 Å². The maximum absolute atomic E-state index is 9.46. The predicted molar refractivity (Wildman–Crippen MR) is 55.8 cm³/mol. The number of nitriles is 1. The Morgan fingerprint density at radius 2 is 2.00 bits per heavy atom. The van der Waals surface area contributed by atoms with E-state index in [9.17, 15) is 5.11 Å². The van der Waals surface area contributed by atoms with Crippen molar-refractivity contribution in [2.24, 2.45) is 0 Å². The first-order chi connectivity index (χ1) is 6.69. The zero-order valence-corrected chi connectivity index (χ0v) is 8.14. The number of benzene rings is 1. The van der Waals surface area contributed by atoms with Crippen LogP contribution in [0.1, 0.15) is 24.0 Å². The van der Waals surface area contributed by atoms with E-state index in [1.807, 2.05) is 12.1 Å². The molecule has 1 rings (SSSR count). The topological polar surface area (TPSA) is 44.0 Å². The Labute approximate surface area is 84.1 Å². The lowest BCUT2D eigenvalue weighted by molar-refractivity contribution is 0.179. The smallest absolute Gasteiger partial charge is 0.0991 e. The zero-order valence-electron chi connectivity index (χ0n) is 8.14. The molecule has 2 nitrogen and oxygen atoms in total. The molecular weight excluding hydrogens is 174 g/mol. The molecule has 0 saturated heterocycles. The van der Waals surface area contributed by atoms with E-state index in [-0.39, 0.29) is 5.92 Å². The van der Waals surface area contributed by atoms with Crippen molar-refractivity contribution < 1.29 is 5.11 Å². The molecule has 0 saturated carbocycles. The van der Waals surface area contributed by atoms with Gasteiger partial charge in [0.05, 0.1) is 17.7 Å². The Hall–Kier alpha value is -1.59. The average molecular weight is 187 g/mol. The minimum Gasteiger partial charge on any atom is -0.392 e. The third-order valence-corrected chi connectivity index (χ3v) is 2.20. The summed E-state index contributed by atoms with van der Waals surface area (Å²) in [7, 11) is 0. The highest BCUT2D eigenvalue weighted by Crippen LogP contribution is 2.20. The van der Waals surface area contributed by atoms with Crippen LogP contribution in [-0.2, 0) is 0 Å². The molecule has 72 valence electrons. The van der Waals surface area contributed by atoms with Gasteiger partial charge in [0.15, 0.2) is 0 Å². The summed E-state index contributed by atoms with van der Waals surface area (Å²) in [5, 5.41) is 18.1. The van der Waals surface area contributed by atoms with Gasteiger partial charge in [-0.3, -0.25) is 0 Å². The van der Waals surface area contributed by atoms with Crippen LogP contribution in [0.2, 0.25) is 0 Å². The van der Waals surface area contributed by atoms with Gasteiger partial charge < -0.3 is 5.11 Å². The van der Waals surface area contributed by atoms with Crippen LogP contribution in [0.5, 0.6) is 0 Å². The second-order valence-corrected chi connectivity index (χ2v) is 3.24. The van der Waals surface area contributed by atoms with Crippen LogP contribution < -0.4 is 0 Å². The number of aliphatic hydroxyl groups excluding tert-OH is 1. The maximum Gasteiger partial charge on any atom is 0.0991 e. The molecule has 0 radical (unpaired) electrons. The first-order valence-corrected chi connectivity index (χ1v) is 4.49. The summed E-state index contributed by atoms with van der Waals surface area (Å²) < 4.78 is 0. The Bertz CT molecular complexity index is 346. The van der Waals surface area contributed by atoms with Crippen molar-refractivity contribution in [2.75, 3.05) is 0 Å². The molecule has 0 aliphatic rings. The standard InChI is InChI=1S/C12H13NO/c1-3-12(9(2)14)11-6-4-10(8-13)5-7-11/h3-7,9,12,14H,1H2,2H3. The van der Waals surface area contributed by atoms with E-state index in [4.69, 9.17) is 5.26 Å². The molecule has 0 fully saturated rings. The van der Waals surface area contributed by atoms with E-state index < -0.39 is 6.10 Å². The molecule has 2 unspecified atom stereocenters. The summed E-state index contributed by atoms with van der Waals surface area (Å²) in [4.78, 5) is 0. The SMILES string of the molecule is C=CC(c1ccc(C#N)cc1)C(C)O. The normalized spacial score (nSPS) is 14.1. The van der Waals surface area contributed by atoms with Crippen molar-refractivity contribution >= 4 is 0 Å². The summed E-state index contributed by atoms with van der Waals surface area (Å²) in [6.07, 6.45) is 1.26. The summed E-state index contributed by atoms with van der Waals surface area (Å²) in [5.74, 6) is -0.0669. The number of hydrogen-bond donors (Lipinski definition) is 1. The molecule has 14 heavy (non-hydrogen) atoms. The quantitative estimate of drug-likeness (QED) is 0.737. The van der Waals surface area contributed by atoms with E-state index in [1.54, 1.807) is 25.1 Å². The monoisotopic (exact) mass is 187 g/mol. The van der Waals surface area contributed by atoms with Crippen molar-refractivity contribution in [2.45, 2.75) is 18.9 Å². The molecule has 2 atom stereocenters. The summed E-state index contributed by atoms with van der Waals surface area (Å²) in [6, 6.07) is 9.23. The molecule has 1 N–H and O–H groups in total. The van der Waals surface area contributed by atoms with Crippen molar-refractivity contribution in [1.29, 1.82) is 5.26 Å². The van der Waals surface area contributed by atoms with Crippen LogP contribution in [0.3, 0.4) is 0 Å². The molecule has 1 aromatic rings. The Kier molecular flexibility index (Phi) is 3.44. The fraction of sp³-hybridized carbons (Fsp3) is 0.250. The molecule has 0 aliphatic carbocycles. The third-order valence-electron chi connectivity index (χ3n) is 2.20. The summed E-state index contributed by atoms with van der Waals surface area (Å²) >= 11 is 0. The number of nitrogens with zero attached hydrogens (tertiary/aromatic N) is 1. The number of aliphatic hydroxyl groups is 1. The Morgan fingerprint density at radius 3 is 2.36 bits per heavy atom. The van der Waals surface area contributed by atoms with Crippen molar-refractivity contribution in [3.63, 3.8) is 0 Å². The van der Waals surface area contributed by atoms with Crippen LogP contribution in [0.4, 0.5) is 0 Å². The van der Waals surface area contributed by atoms with Crippen molar-refractivity contribution in [3.05, 3.63) is 48.0 Å². The lowest BCUT2D eigenvalue weighted by Gasteiger charge is -2.15. The van der Waals surface area contributed by atoms with Crippen molar-refractivity contribution in [3.8, 4) is 6.07 Å². The zero-order chi connectivity index (χ0) is 10.6. The highest BCUT2D eigenvalue weighted by atomic mass is 16.3. The van der Waals surface area contributed by atoms with Crippen LogP contribution in [0, 0.1) is 11.3 Å². The molecule has 0 spiro atoms. The first kappa shape index (κ1) is 10.5. The third kappa shape index (κ3) is 2.21. The fourth-order valence-electron chi connectivity index (χ4n) is 1.39. The second kappa shape index (κ2) is 4.59. The highest BCUT2D eigenvalue weighted by Gasteiger charge is 2.12. The number of hydrogen-bond acceptors (Lipinski definition) is 2. The van der Waals surface area contributed by atoms with Gasteiger partial charge in [0.25, 0.3) is 0 Å². The first-order valence-electron chi connectivity index (χ1n) is 4.49. The van der Waals surface area contributed by atoms with Crippen LogP contribution in [-0.4, -0.2) is 11.2 Å². The van der Waals surface area contributed by atoms with Crippen LogP contribution in [0.15, 0.2) is 36.9 Å². The fourth-order valence-corrected chi connectivity index (χ4v) is 1.39. The van der Waals surface area contributed by atoms with Crippen LogP contribution in [0.25, 0.3) is 0 Å². The van der Waals surface area contributed by atoms with E-state index in [1.165, 1.54) is 0 Å². The molecule has 0 bridgehead atoms. The Morgan fingerprint density at radius 1 is 1.43 bits per heavy atom. The molecule has 1 aromatic carbocycles. The highest BCUT2D eigenvalue weighted by molar-refractivity contribution is 5.34. The second-order valence-electron chi connectivity index (χ2n) is 3.24. The maximum atomic E-state index is 9.46. The van der Waals surface area contributed by atoms with Gasteiger partial charge >= 0.3 is 0 Å². The Balaban J connectivity index is 2.96. The van der Waals surface area contributed by atoms with Crippen LogP contribution >= 0.6 is 0 Å². The lowest BCUT2D eigenvalue weighted by Crippen LogP contribution is -2.11. The summed E-state index contributed by atoms with van der Waals surface area (Å²) in [5.41, 5.74) is 1.61. The van der Waals surface area contributed by atoms with Gasteiger partial charge in [0.2, 0.25) is 0 Å². The molecule has 0 amide bonds. The molecular formula is C12H13NO. The molecule has 0 heterocycles. The van der Waals surface area contributed by atoms with Crippen molar-refractivity contribution in [1.82, 2.24) is 0 Å². The van der Waals surface area contributed by atoms with E-state index >= 15 is 0 Å². The van der Waals surface area contributed by atoms with Gasteiger partial charge in [0.1, 0.15) is 0 Å². The summed E-state index contributed by atoms with van der Waals surface area (Å²) in [6.45, 7) is 5.40. The van der Waals surface area contributed by atoms with Gasteiger partial charge in [-0.25, -0.2) is 0 Å². The minimum atomic E-state index is -0.458. The van der Waals surface area contributed by atoms with Gasteiger partial charge in [-0.05, 0) is 24.6 Å². The van der Waals surface area contributed by atoms with E-state index in [0.717, 1.165) is 5.56 Å². The molecule has 2 heteroatoms. The lowest BCUT2D eigenvalue weighted by atomic mass is 9.94. The largest absolute Gasteiger partial charge is 0.392 e. The van der Waals surface area contributed by atoms with E-state index in [0.29, 0.717) is 5.56 Å². The van der Waals surface area contributed by atoms with Gasteiger partial charge in [-0.2, -0.15) is 5.26 Å². The predicted octanol–water partition coefficient (Wildman–Crippen LogP) is 2.21. The van der Waals surface area contributed by atoms with Gasteiger partial charge in [-0.15, -0.1) is 6.58 Å². The number of rotatable bonds is 3. The van der Waals surface area contributed by atoms with Gasteiger partial charge in [-0.1, -0.05) is 18.2 Å².